The third-order valence-electron chi connectivity index (χ3n) is 5.98. The number of hydrogen-bond donors (Lipinski definition) is 0. The number of aromatic nitrogens is 4. The number of halogens is 1. The van der Waals surface area contributed by atoms with Gasteiger partial charge in [0.25, 0.3) is 5.56 Å². The van der Waals surface area contributed by atoms with Gasteiger partial charge in [0.15, 0.2) is 11.2 Å². The van der Waals surface area contributed by atoms with Crippen molar-refractivity contribution in [2.24, 2.45) is 20.0 Å². The maximum absolute atomic E-state index is 13.1. The summed E-state index contributed by atoms with van der Waals surface area (Å²) in [5, 5.41) is 0.592. The molecule has 3 aromatic rings. The first-order valence-corrected chi connectivity index (χ1v) is 11.0. The lowest BCUT2D eigenvalue weighted by molar-refractivity contribution is -0.134. The highest BCUT2D eigenvalue weighted by Crippen LogP contribution is 2.25. The number of carbonyl (C=O) groups is 1. The van der Waals surface area contributed by atoms with Crippen molar-refractivity contribution in [3.63, 3.8) is 0 Å². The number of aryl methyl sites for hydroxylation is 1. The van der Waals surface area contributed by atoms with Gasteiger partial charge in [-0.2, -0.15) is 4.98 Å². The second-order valence-corrected chi connectivity index (χ2v) is 8.84. The Morgan fingerprint density at radius 1 is 1.06 bits per heavy atom. The van der Waals surface area contributed by atoms with E-state index in [0.717, 1.165) is 10.1 Å². The fourth-order valence-corrected chi connectivity index (χ4v) is 4.31. The van der Waals surface area contributed by atoms with Crippen LogP contribution in [0, 0.1) is 5.92 Å². The van der Waals surface area contributed by atoms with Crippen LogP contribution < -0.4 is 16.1 Å². The average Bonchev–Trinajstić information content (AvgIpc) is 3.16. The number of nitrogens with zero attached hydrogens (tertiary/aromatic N) is 6. The highest BCUT2D eigenvalue weighted by Gasteiger charge is 2.28. The van der Waals surface area contributed by atoms with Crippen molar-refractivity contribution in [3.8, 4) is 0 Å². The Morgan fingerprint density at radius 2 is 1.72 bits per heavy atom. The van der Waals surface area contributed by atoms with Crippen LogP contribution in [0.15, 0.2) is 33.9 Å². The first kappa shape index (κ1) is 22.1. The lowest BCUT2D eigenvalue weighted by Crippen LogP contribution is -2.50. The lowest BCUT2D eigenvalue weighted by atomic mass is 10.1. The highest BCUT2D eigenvalue weighted by atomic mass is 35.5. The number of rotatable bonds is 4. The average molecular weight is 459 g/mol. The van der Waals surface area contributed by atoms with Crippen LogP contribution in [-0.2, 0) is 25.4 Å². The zero-order chi connectivity index (χ0) is 23.2. The monoisotopic (exact) mass is 458 g/mol. The molecular formula is C22H27ClN6O3. The summed E-state index contributed by atoms with van der Waals surface area (Å²) in [4.78, 5) is 46.6. The normalized spacial score (nSPS) is 14.6. The predicted octanol–water partition coefficient (Wildman–Crippen LogP) is 1.44. The van der Waals surface area contributed by atoms with E-state index in [2.05, 4.69) is 4.90 Å². The van der Waals surface area contributed by atoms with E-state index in [9.17, 15) is 14.4 Å². The smallest absolute Gasteiger partial charge is 0.332 e. The highest BCUT2D eigenvalue weighted by molar-refractivity contribution is 6.31. The van der Waals surface area contributed by atoms with Gasteiger partial charge >= 0.3 is 5.69 Å². The minimum absolute atomic E-state index is 0.0520. The van der Waals surface area contributed by atoms with Gasteiger partial charge in [-0.3, -0.25) is 23.3 Å². The van der Waals surface area contributed by atoms with Crippen LogP contribution in [0.4, 0.5) is 5.95 Å². The van der Waals surface area contributed by atoms with Gasteiger partial charge in [-0.25, -0.2) is 4.79 Å². The van der Waals surface area contributed by atoms with Gasteiger partial charge in [0.2, 0.25) is 11.9 Å². The Kier molecular flexibility index (Phi) is 5.85. The van der Waals surface area contributed by atoms with Crippen molar-refractivity contribution >= 4 is 34.6 Å². The summed E-state index contributed by atoms with van der Waals surface area (Å²) in [6, 6.07) is 7.46. The number of benzene rings is 1. The molecule has 32 heavy (non-hydrogen) atoms. The molecule has 0 atom stereocenters. The summed E-state index contributed by atoms with van der Waals surface area (Å²) in [5.74, 6) is 0.671. The lowest BCUT2D eigenvalue weighted by Gasteiger charge is -2.36. The Morgan fingerprint density at radius 3 is 2.34 bits per heavy atom. The molecule has 1 aliphatic rings. The van der Waals surface area contributed by atoms with E-state index >= 15 is 0 Å². The number of piperazine rings is 1. The SMILES string of the molecule is CC(C)C(=O)N1CCN(c2nc3c(c(=O)n(C)c(=O)n3C)n2Cc2ccccc2Cl)CC1. The third-order valence-corrected chi connectivity index (χ3v) is 6.35. The van der Waals surface area contributed by atoms with Crippen LogP contribution in [0.2, 0.25) is 5.02 Å². The van der Waals surface area contributed by atoms with Crippen LogP contribution in [0.5, 0.6) is 0 Å². The van der Waals surface area contributed by atoms with Gasteiger partial charge < -0.3 is 9.80 Å². The van der Waals surface area contributed by atoms with E-state index in [1.54, 1.807) is 13.1 Å². The van der Waals surface area contributed by atoms with Crippen LogP contribution >= 0.6 is 11.6 Å². The van der Waals surface area contributed by atoms with Crippen LogP contribution in [0.3, 0.4) is 0 Å². The Bertz CT molecular complexity index is 1300. The zero-order valence-corrected chi connectivity index (χ0v) is 19.5. The largest absolute Gasteiger partial charge is 0.339 e. The molecule has 0 bridgehead atoms. The number of hydrogen-bond acceptors (Lipinski definition) is 5. The quantitative estimate of drug-likeness (QED) is 0.590. The molecule has 10 heteroatoms. The van der Waals surface area contributed by atoms with Crippen molar-refractivity contribution in [1.82, 2.24) is 23.6 Å². The molecule has 0 radical (unpaired) electrons. The summed E-state index contributed by atoms with van der Waals surface area (Å²) in [6.07, 6.45) is 0. The summed E-state index contributed by atoms with van der Waals surface area (Å²) in [7, 11) is 3.08. The molecule has 0 N–H and O–H groups in total. The number of fused-ring (bicyclic) bond motifs is 1. The second-order valence-electron chi connectivity index (χ2n) is 8.43. The molecule has 1 aliphatic heterocycles. The molecule has 0 spiro atoms. The molecule has 1 saturated heterocycles. The Labute approximate surface area is 190 Å². The van der Waals surface area contributed by atoms with E-state index in [1.807, 2.05) is 41.5 Å². The van der Waals surface area contributed by atoms with E-state index in [-0.39, 0.29) is 11.8 Å². The van der Waals surface area contributed by atoms with E-state index in [4.69, 9.17) is 16.6 Å². The van der Waals surface area contributed by atoms with Crippen molar-refractivity contribution in [1.29, 1.82) is 0 Å². The molecule has 1 fully saturated rings. The van der Waals surface area contributed by atoms with Crippen LogP contribution in [0.1, 0.15) is 19.4 Å². The predicted molar refractivity (Wildman–Crippen MR) is 124 cm³/mol. The molecule has 4 rings (SSSR count). The van der Waals surface area contributed by atoms with Gasteiger partial charge in [-0.1, -0.05) is 43.6 Å². The number of anilines is 1. The molecule has 2 aromatic heterocycles. The minimum atomic E-state index is -0.427. The van der Waals surface area contributed by atoms with Crippen molar-refractivity contribution in [2.45, 2.75) is 20.4 Å². The fraction of sp³-hybridized carbons (Fsp3) is 0.455. The Hall–Kier alpha value is -3.07. The first-order chi connectivity index (χ1) is 15.2. The zero-order valence-electron chi connectivity index (χ0n) is 18.7. The second kappa shape index (κ2) is 8.46. The molecule has 3 heterocycles. The third kappa shape index (κ3) is 3.70. The van der Waals surface area contributed by atoms with E-state index < -0.39 is 11.2 Å². The van der Waals surface area contributed by atoms with Crippen LogP contribution in [-0.4, -0.2) is 55.7 Å². The van der Waals surface area contributed by atoms with Gasteiger partial charge in [0, 0.05) is 51.2 Å². The number of amides is 1. The van der Waals surface area contributed by atoms with Crippen molar-refractivity contribution in [3.05, 3.63) is 55.7 Å². The standard InChI is InChI=1S/C22H27ClN6O3/c1-14(2)19(30)27-9-11-28(12-10-27)21-24-18-17(20(31)26(4)22(32)25(18)3)29(21)13-15-7-5-6-8-16(15)23/h5-8,14H,9-13H2,1-4H3. The summed E-state index contributed by atoms with van der Waals surface area (Å²) < 4.78 is 4.32. The van der Waals surface area contributed by atoms with Gasteiger partial charge in [-0.05, 0) is 11.6 Å². The maximum atomic E-state index is 13.1. The van der Waals surface area contributed by atoms with Gasteiger partial charge in [0.1, 0.15) is 0 Å². The first-order valence-electron chi connectivity index (χ1n) is 10.6. The molecule has 9 nitrogen and oxygen atoms in total. The topological polar surface area (TPSA) is 85.4 Å². The maximum Gasteiger partial charge on any atom is 0.332 e. The molecule has 0 unspecified atom stereocenters. The van der Waals surface area contributed by atoms with Crippen LogP contribution in [0.25, 0.3) is 11.2 Å². The minimum Gasteiger partial charge on any atom is -0.339 e. The molecule has 1 amide bonds. The number of imidazole rings is 1. The molecule has 170 valence electrons. The molecule has 1 aromatic carbocycles. The van der Waals surface area contributed by atoms with E-state index in [0.29, 0.717) is 54.9 Å². The van der Waals surface area contributed by atoms with Gasteiger partial charge in [0.05, 0.1) is 6.54 Å². The summed E-state index contributed by atoms with van der Waals surface area (Å²) in [5.41, 5.74) is 0.705. The molecule has 0 saturated carbocycles. The fourth-order valence-electron chi connectivity index (χ4n) is 4.12. The van der Waals surface area contributed by atoms with Crippen molar-refractivity contribution < 1.29 is 4.79 Å². The molecule has 0 aliphatic carbocycles. The number of carbonyl (C=O) groups excluding carboxylic acids is 1. The van der Waals surface area contributed by atoms with Crippen molar-refractivity contribution in [2.75, 3.05) is 31.1 Å². The van der Waals surface area contributed by atoms with E-state index in [1.165, 1.54) is 11.6 Å². The molecular weight excluding hydrogens is 432 g/mol. The summed E-state index contributed by atoms with van der Waals surface area (Å²) >= 11 is 6.41. The Balaban J connectivity index is 1.82. The van der Waals surface area contributed by atoms with Gasteiger partial charge in [-0.15, -0.1) is 0 Å². The summed E-state index contributed by atoms with van der Waals surface area (Å²) in [6.45, 7) is 6.44.